The minimum atomic E-state index is -0.182. The van der Waals surface area contributed by atoms with E-state index in [0.29, 0.717) is 6.42 Å². The van der Waals surface area contributed by atoms with Crippen molar-refractivity contribution in [2.24, 2.45) is 4.99 Å². The maximum atomic E-state index is 11.7. The van der Waals surface area contributed by atoms with Crippen LogP contribution in [0.3, 0.4) is 0 Å². The molecule has 6 nitrogen and oxygen atoms in total. The van der Waals surface area contributed by atoms with Gasteiger partial charge in [0.1, 0.15) is 0 Å². The van der Waals surface area contributed by atoms with Gasteiger partial charge in [0.05, 0.1) is 33.8 Å². The number of benzene rings is 3. The topological polar surface area (TPSA) is 73.0 Å². The maximum absolute atomic E-state index is 11.7. The number of nitrogens with zero attached hydrogens (tertiary/aromatic N) is 5. The van der Waals surface area contributed by atoms with E-state index < -0.39 is 0 Å². The van der Waals surface area contributed by atoms with Crippen molar-refractivity contribution in [1.29, 1.82) is 0 Å². The molecule has 0 bridgehead atoms. The van der Waals surface area contributed by atoms with Gasteiger partial charge in [-0.05, 0) is 54.3 Å². The Hall–Kier alpha value is -4.19. The van der Waals surface area contributed by atoms with Crippen molar-refractivity contribution in [2.45, 2.75) is 26.3 Å². The fourth-order valence-corrected chi connectivity index (χ4v) is 4.52. The SMILES string of the molecule is Cc1ccc2ncc(Cc3cccc4c3cnn4CCc3cccc4c3=CC(=O)N=4)nc2c1. The lowest BCUT2D eigenvalue weighted by Gasteiger charge is -2.07. The predicted molar refractivity (Wildman–Crippen MR) is 127 cm³/mol. The van der Waals surface area contributed by atoms with E-state index in [9.17, 15) is 4.79 Å². The second-order valence-corrected chi connectivity index (χ2v) is 8.44. The number of aromatic nitrogens is 4. The molecular formula is C27H21N5O. The zero-order valence-electron chi connectivity index (χ0n) is 18.2. The van der Waals surface area contributed by atoms with Crippen LogP contribution >= 0.6 is 0 Å². The number of hydrogen-bond acceptors (Lipinski definition) is 4. The van der Waals surface area contributed by atoms with Crippen LogP contribution < -0.4 is 10.6 Å². The summed E-state index contributed by atoms with van der Waals surface area (Å²) >= 11 is 0. The maximum Gasteiger partial charge on any atom is 0.270 e. The Balaban J connectivity index is 1.29. The van der Waals surface area contributed by atoms with Crippen LogP contribution in [0.4, 0.5) is 0 Å². The van der Waals surface area contributed by atoms with Crippen molar-refractivity contribution < 1.29 is 4.79 Å². The Labute approximate surface area is 190 Å². The molecule has 0 atom stereocenters. The fourth-order valence-electron chi connectivity index (χ4n) is 4.52. The standard InChI is InChI=1S/C27H21N5O/c1-17-8-9-24-25(12-17)30-20(15-28-24)13-19-5-3-7-26-22(19)16-29-32(26)11-10-18-4-2-6-23-21(18)14-27(33)31-23/h2-9,12,14-16H,10-11,13H2,1H3. The fraction of sp³-hybridized carbons (Fsp3) is 0.148. The van der Waals surface area contributed by atoms with Crippen molar-refractivity contribution in [3.63, 3.8) is 0 Å². The average molecular weight is 431 g/mol. The van der Waals surface area contributed by atoms with Crippen molar-refractivity contribution in [1.82, 2.24) is 19.7 Å². The lowest BCUT2D eigenvalue weighted by molar-refractivity contribution is -0.112. The van der Waals surface area contributed by atoms with E-state index in [0.717, 1.165) is 56.7 Å². The Kier molecular flexibility index (Phi) is 4.57. The Bertz CT molecular complexity index is 1680. The van der Waals surface area contributed by atoms with Gasteiger partial charge in [-0.3, -0.25) is 14.5 Å². The van der Waals surface area contributed by atoms with E-state index in [1.807, 2.05) is 35.3 Å². The number of hydrogen-bond donors (Lipinski definition) is 0. The van der Waals surface area contributed by atoms with Gasteiger partial charge in [0.2, 0.25) is 0 Å². The third-order valence-corrected chi connectivity index (χ3v) is 6.16. The van der Waals surface area contributed by atoms with E-state index in [-0.39, 0.29) is 5.91 Å². The quantitative estimate of drug-likeness (QED) is 0.429. The molecule has 1 amide bonds. The molecule has 6 rings (SSSR count). The van der Waals surface area contributed by atoms with Crippen molar-refractivity contribution in [2.75, 3.05) is 0 Å². The van der Waals surface area contributed by atoms with Gasteiger partial charge in [0.15, 0.2) is 0 Å². The molecule has 0 fully saturated rings. The summed E-state index contributed by atoms with van der Waals surface area (Å²) in [5.41, 5.74) is 7.34. The van der Waals surface area contributed by atoms with Gasteiger partial charge >= 0.3 is 0 Å². The molecule has 2 aromatic heterocycles. The molecule has 3 aromatic carbocycles. The van der Waals surface area contributed by atoms with E-state index in [1.165, 1.54) is 11.1 Å². The van der Waals surface area contributed by atoms with Gasteiger partial charge in [-0.1, -0.05) is 30.3 Å². The highest BCUT2D eigenvalue weighted by Gasteiger charge is 2.11. The highest BCUT2D eigenvalue weighted by Crippen LogP contribution is 2.22. The third kappa shape index (κ3) is 3.59. The monoisotopic (exact) mass is 431 g/mol. The number of amides is 1. The van der Waals surface area contributed by atoms with E-state index in [2.05, 4.69) is 58.4 Å². The molecule has 1 aliphatic heterocycles. The Morgan fingerprint density at radius 3 is 2.76 bits per heavy atom. The number of carbonyl (C=O) groups is 1. The highest BCUT2D eigenvalue weighted by molar-refractivity contribution is 6.06. The predicted octanol–water partition coefficient (Wildman–Crippen LogP) is 3.06. The van der Waals surface area contributed by atoms with E-state index in [1.54, 1.807) is 6.08 Å². The number of fused-ring (bicyclic) bond motifs is 3. The summed E-state index contributed by atoms with van der Waals surface area (Å²) in [6.45, 7) is 2.79. The molecule has 3 heterocycles. The van der Waals surface area contributed by atoms with Gasteiger partial charge in [0.25, 0.3) is 5.91 Å². The van der Waals surface area contributed by atoms with Crippen LogP contribution in [0, 0.1) is 6.92 Å². The lowest BCUT2D eigenvalue weighted by Crippen LogP contribution is -2.26. The molecule has 33 heavy (non-hydrogen) atoms. The van der Waals surface area contributed by atoms with E-state index in [4.69, 9.17) is 4.98 Å². The summed E-state index contributed by atoms with van der Waals surface area (Å²) in [5, 5.41) is 7.48. The third-order valence-electron chi connectivity index (χ3n) is 6.16. The van der Waals surface area contributed by atoms with Crippen LogP contribution in [0.15, 0.2) is 72.0 Å². The first-order valence-electron chi connectivity index (χ1n) is 11.0. The zero-order chi connectivity index (χ0) is 22.4. The second-order valence-electron chi connectivity index (χ2n) is 8.44. The second kappa shape index (κ2) is 7.74. The van der Waals surface area contributed by atoms with Crippen molar-refractivity contribution in [3.05, 3.63) is 100.0 Å². The molecule has 6 heteroatoms. The first-order chi connectivity index (χ1) is 16.1. The summed E-state index contributed by atoms with van der Waals surface area (Å²) in [6, 6.07) is 18.3. The summed E-state index contributed by atoms with van der Waals surface area (Å²) in [7, 11) is 0. The summed E-state index contributed by atoms with van der Waals surface area (Å²) in [4.78, 5) is 25.2. The minimum Gasteiger partial charge on any atom is -0.267 e. The first-order valence-corrected chi connectivity index (χ1v) is 11.0. The molecule has 0 unspecified atom stereocenters. The van der Waals surface area contributed by atoms with E-state index >= 15 is 0 Å². The van der Waals surface area contributed by atoms with Gasteiger partial charge in [-0.2, -0.15) is 5.10 Å². The number of rotatable bonds is 5. The van der Waals surface area contributed by atoms with Gasteiger partial charge < -0.3 is 0 Å². The summed E-state index contributed by atoms with van der Waals surface area (Å²) in [5.74, 6) is -0.182. The molecule has 0 aliphatic carbocycles. The smallest absolute Gasteiger partial charge is 0.267 e. The van der Waals surface area contributed by atoms with Crippen LogP contribution in [0.2, 0.25) is 0 Å². The molecule has 0 spiro atoms. The molecule has 0 saturated heterocycles. The lowest BCUT2D eigenvalue weighted by atomic mass is 10.1. The first kappa shape index (κ1) is 19.5. The van der Waals surface area contributed by atoms with Crippen LogP contribution in [0.5, 0.6) is 0 Å². The minimum absolute atomic E-state index is 0.182. The Morgan fingerprint density at radius 2 is 1.82 bits per heavy atom. The van der Waals surface area contributed by atoms with Gasteiger partial charge in [0, 0.05) is 35.8 Å². The normalized spacial score (nSPS) is 12.7. The zero-order valence-corrected chi connectivity index (χ0v) is 18.2. The number of aryl methyl sites for hydroxylation is 3. The van der Waals surface area contributed by atoms with Crippen LogP contribution in [0.25, 0.3) is 28.0 Å². The molecular weight excluding hydrogens is 410 g/mol. The molecule has 5 aromatic rings. The van der Waals surface area contributed by atoms with Gasteiger partial charge in [-0.15, -0.1) is 0 Å². The molecule has 160 valence electrons. The van der Waals surface area contributed by atoms with Crippen LogP contribution in [-0.2, 0) is 24.2 Å². The summed E-state index contributed by atoms with van der Waals surface area (Å²) in [6.07, 6.45) is 6.89. The van der Waals surface area contributed by atoms with Crippen molar-refractivity contribution >= 4 is 33.9 Å². The summed E-state index contributed by atoms with van der Waals surface area (Å²) < 4.78 is 2.03. The van der Waals surface area contributed by atoms with Crippen LogP contribution in [0.1, 0.15) is 22.4 Å². The highest BCUT2D eigenvalue weighted by atomic mass is 16.1. The van der Waals surface area contributed by atoms with Crippen LogP contribution in [-0.4, -0.2) is 25.7 Å². The molecule has 1 aliphatic rings. The largest absolute Gasteiger partial charge is 0.270 e. The van der Waals surface area contributed by atoms with Gasteiger partial charge in [-0.25, -0.2) is 9.98 Å². The molecule has 0 radical (unpaired) electrons. The Morgan fingerprint density at radius 1 is 0.939 bits per heavy atom. The molecule has 0 saturated carbocycles. The molecule has 0 N–H and O–H groups in total. The number of carbonyl (C=O) groups excluding carboxylic acids is 1. The average Bonchev–Trinajstić information content (AvgIpc) is 3.41. The van der Waals surface area contributed by atoms with Crippen molar-refractivity contribution in [3.8, 4) is 0 Å².